The Hall–Kier alpha value is -0.860. The fourth-order valence-corrected chi connectivity index (χ4v) is 0.938. The van der Waals surface area contributed by atoms with Gasteiger partial charge >= 0.3 is 0 Å². The average molecular weight is 170 g/mol. The van der Waals surface area contributed by atoms with E-state index in [1.807, 2.05) is 6.07 Å². The molecule has 11 heavy (non-hydrogen) atoms. The van der Waals surface area contributed by atoms with Crippen LogP contribution in [0, 0.1) is 0 Å². The highest BCUT2D eigenvalue weighted by atomic mass is 35.5. The molecule has 0 aliphatic rings. The Labute approximate surface area is 70.0 Å². The minimum absolute atomic E-state index is 0.429. The molecule has 0 aliphatic heterocycles. The van der Waals surface area contributed by atoms with Gasteiger partial charge in [-0.2, -0.15) is 0 Å². The fraction of sp³-hybridized carbons (Fsp3) is 0.125. The smallest absolute Gasteiger partial charge is 0.252 e. The largest absolute Gasteiger partial charge is 0.326 e. The van der Waals surface area contributed by atoms with Crippen LogP contribution in [-0.4, -0.2) is 5.24 Å². The molecule has 2 N–H and O–H groups in total. The SMILES string of the molecule is NCc1cccc(C(=O)Cl)c1. The van der Waals surface area contributed by atoms with E-state index in [4.69, 9.17) is 17.3 Å². The highest BCUT2D eigenvalue weighted by molar-refractivity contribution is 6.67. The van der Waals surface area contributed by atoms with Crippen LogP contribution in [0.15, 0.2) is 24.3 Å². The molecule has 0 unspecified atom stereocenters. The minimum Gasteiger partial charge on any atom is -0.326 e. The third-order valence-electron chi connectivity index (χ3n) is 1.39. The van der Waals surface area contributed by atoms with Crippen LogP contribution in [-0.2, 0) is 6.54 Å². The Morgan fingerprint density at radius 3 is 2.82 bits per heavy atom. The lowest BCUT2D eigenvalue weighted by Gasteiger charge is -1.96. The quantitative estimate of drug-likeness (QED) is 0.683. The third kappa shape index (κ3) is 2.03. The summed E-state index contributed by atoms with van der Waals surface area (Å²) in [5.41, 5.74) is 6.77. The lowest BCUT2D eigenvalue weighted by Crippen LogP contribution is -1.97. The topological polar surface area (TPSA) is 43.1 Å². The molecule has 1 aromatic rings. The van der Waals surface area contributed by atoms with Gasteiger partial charge in [0.1, 0.15) is 0 Å². The minimum atomic E-state index is -0.444. The maximum Gasteiger partial charge on any atom is 0.252 e. The van der Waals surface area contributed by atoms with Crippen molar-refractivity contribution in [2.24, 2.45) is 5.73 Å². The second-order valence-electron chi connectivity index (χ2n) is 2.18. The molecular formula is C8H8ClNO. The van der Waals surface area contributed by atoms with E-state index >= 15 is 0 Å². The third-order valence-corrected chi connectivity index (χ3v) is 1.61. The Morgan fingerprint density at radius 1 is 1.55 bits per heavy atom. The van der Waals surface area contributed by atoms with Crippen LogP contribution in [0.2, 0.25) is 0 Å². The van der Waals surface area contributed by atoms with Crippen molar-refractivity contribution in [3.63, 3.8) is 0 Å². The summed E-state index contributed by atoms with van der Waals surface area (Å²) in [6.07, 6.45) is 0. The Bertz CT molecular complexity index is 273. The summed E-state index contributed by atoms with van der Waals surface area (Å²) < 4.78 is 0. The molecule has 0 atom stereocenters. The second-order valence-corrected chi connectivity index (χ2v) is 2.52. The molecule has 0 spiro atoms. The number of benzene rings is 1. The van der Waals surface area contributed by atoms with Crippen molar-refractivity contribution in [1.82, 2.24) is 0 Å². The second kappa shape index (κ2) is 3.51. The molecule has 0 radical (unpaired) electrons. The van der Waals surface area contributed by atoms with Crippen molar-refractivity contribution in [3.8, 4) is 0 Å². The van der Waals surface area contributed by atoms with Crippen molar-refractivity contribution in [2.75, 3.05) is 0 Å². The summed E-state index contributed by atoms with van der Waals surface area (Å²) in [6.45, 7) is 0.429. The molecule has 0 aromatic heterocycles. The van der Waals surface area contributed by atoms with E-state index in [2.05, 4.69) is 0 Å². The molecule has 0 bridgehead atoms. The number of nitrogens with two attached hydrogens (primary N) is 1. The van der Waals surface area contributed by atoms with Crippen LogP contribution < -0.4 is 5.73 Å². The van der Waals surface area contributed by atoms with Crippen LogP contribution >= 0.6 is 11.6 Å². The summed E-state index contributed by atoms with van der Waals surface area (Å²) in [6, 6.07) is 6.96. The molecule has 0 amide bonds. The first-order valence-corrected chi connectivity index (χ1v) is 3.60. The molecule has 0 aliphatic carbocycles. The van der Waals surface area contributed by atoms with Gasteiger partial charge in [0.25, 0.3) is 5.24 Å². The molecular weight excluding hydrogens is 162 g/mol. The Balaban J connectivity index is 3.01. The van der Waals surface area contributed by atoms with Crippen molar-refractivity contribution in [2.45, 2.75) is 6.54 Å². The number of hydrogen-bond donors (Lipinski definition) is 1. The Morgan fingerprint density at radius 2 is 2.27 bits per heavy atom. The van der Waals surface area contributed by atoms with E-state index in [1.165, 1.54) is 0 Å². The van der Waals surface area contributed by atoms with Gasteiger partial charge in [-0.25, -0.2) is 0 Å². The number of halogens is 1. The number of hydrogen-bond acceptors (Lipinski definition) is 2. The predicted molar refractivity (Wildman–Crippen MR) is 44.5 cm³/mol. The predicted octanol–water partition coefficient (Wildman–Crippen LogP) is 1.52. The van der Waals surface area contributed by atoms with Gasteiger partial charge in [0, 0.05) is 12.1 Å². The van der Waals surface area contributed by atoms with Crippen LogP contribution in [0.4, 0.5) is 0 Å². The summed E-state index contributed by atoms with van der Waals surface area (Å²) in [7, 11) is 0. The van der Waals surface area contributed by atoms with Gasteiger partial charge in [0.2, 0.25) is 0 Å². The normalized spacial score (nSPS) is 9.64. The molecule has 0 saturated heterocycles. The molecule has 0 fully saturated rings. The first-order valence-electron chi connectivity index (χ1n) is 3.23. The maximum atomic E-state index is 10.6. The van der Waals surface area contributed by atoms with Gasteiger partial charge in [0.05, 0.1) is 0 Å². The van der Waals surface area contributed by atoms with Gasteiger partial charge in [-0.15, -0.1) is 0 Å². The molecule has 1 rings (SSSR count). The van der Waals surface area contributed by atoms with Gasteiger partial charge in [-0.05, 0) is 23.2 Å². The van der Waals surface area contributed by atoms with E-state index in [1.54, 1.807) is 18.2 Å². The molecule has 3 heteroatoms. The van der Waals surface area contributed by atoms with Crippen molar-refractivity contribution < 1.29 is 4.79 Å². The molecule has 58 valence electrons. The van der Waals surface area contributed by atoms with E-state index in [9.17, 15) is 4.79 Å². The zero-order valence-corrected chi connectivity index (χ0v) is 6.64. The number of carbonyl (C=O) groups is 1. The molecule has 0 saturated carbocycles. The van der Waals surface area contributed by atoms with Crippen molar-refractivity contribution in [3.05, 3.63) is 35.4 Å². The highest BCUT2D eigenvalue weighted by Gasteiger charge is 2.00. The van der Waals surface area contributed by atoms with Crippen LogP contribution in [0.25, 0.3) is 0 Å². The first-order chi connectivity index (χ1) is 5.24. The first kappa shape index (κ1) is 8.24. The number of carbonyl (C=O) groups excluding carboxylic acids is 1. The number of rotatable bonds is 2. The van der Waals surface area contributed by atoms with Gasteiger partial charge in [0.15, 0.2) is 0 Å². The zero-order chi connectivity index (χ0) is 8.27. The van der Waals surface area contributed by atoms with Gasteiger partial charge < -0.3 is 5.73 Å². The van der Waals surface area contributed by atoms with Crippen LogP contribution in [0.1, 0.15) is 15.9 Å². The lowest BCUT2D eigenvalue weighted by molar-refractivity contribution is 0.108. The van der Waals surface area contributed by atoms with Gasteiger partial charge in [-0.1, -0.05) is 18.2 Å². The summed E-state index contributed by atoms with van der Waals surface area (Å²) >= 11 is 5.25. The maximum absolute atomic E-state index is 10.6. The summed E-state index contributed by atoms with van der Waals surface area (Å²) in [5.74, 6) is 0. The average Bonchev–Trinajstić information content (AvgIpc) is 2.05. The van der Waals surface area contributed by atoms with Crippen LogP contribution in [0.3, 0.4) is 0 Å². The van der Waals surface area contributed by atoms with E-state index in [0.29, 0.717) is 12.1 Å². The molecule has 1 aromatic carbocycles. The summed E-state index contributed by atoms with van der Waals surface area (Å²) in [4.78, 5) is 10.6. The highest BCUT2D eigenvalue weighted by Crippen LogP contribution is 2.06. The van der Waals surface area contributed by atoms with Crippen LogP contribution in [0.5, 0.6) is 0 Å². The van der Waals surface area contributed by atoms with Crippen molar-refractivity contribution >= 4 is 16.8 Å². The molecule has 2 nitrogen and oxygen atoms in total. The van der Waals surface area contributed by atoms with E-state index < -0.39 is 5.24 Å². The lowest BCUT2D eigenvalue weighted by atomic mass is 10.1. The van der Waals surface area contributed by atoms with E-state index in [0.717, 1.165) is 5.56 Å². The van der Waals surface area contributed by atoms with Gasteiger partial charge in [-0.3, -0.25) is 4.79 Å². The summed E-state index contributed by atoms with van der Waals surface area (Å²) in [5, 5.41) is -0.444. The zero-order valence-electron chi connectivity index (χ0n) is 5.88. The standard InChI is InChI=1S/C8H8ClNO/c9-8(11)7-3-1-2-6(4-7)5-10/h1-4H,5,10H2. The Kier molecular flexibility index (Phi) is 2.63. The van der Waals surface area contributed by atoms with E-state index in [-0.39, 0.29) is 0 Å². The molecule has 0 heterocycles. The fourth-order valence-electron chi connectivity index (χ4n) is 0.821. The van der Waals surface area contributed by atoms with Crippen molar-refractivity contribution in [1.29, 1.82) is 0 Å². The monoisotopic (exact) mass is 169 g/mol.